The van der Waals surface area contributed by atoms with Crippen LogP contribution in [0.3, 0.4) is 0 Å². The number of nitrogens with one attached hydrogen (secondary N) is 2. The van der Waals surface area contributed by atoms with E-state index in [-0.39, 0.29) is 17.9 Å². The van der Waals surface area contributed by atoms with Crippen LogP contribution in [0.1, 0.15) is 37.3 Å². The van der Waals surface area contributed by atoms with E-state index >= 15 is 0 Å². The first-order chi connectivity index (χ1) is 14.6. The summed E-state index contributed by atoms with van der Waals surface area (Å²) in [5.41, 5.74) is 1.90. The van der Waals surface area contributed by atoms with Gasteiger partial charge in [-0.15, -0.1) is 0 Å². The molecule has 3 heterocycles. The number of carbonyl (C=O) groups is 2. The van der Waals surface area contributed by atoms with E-state index in [1.54, 1.807) is 0 Å². The number of fused-ring (bicyclic) bond motifs is 4. The van der Waals surface area contributed by atoms with Gasteiger partial charge >= 0.3 is 0 Å². The molecule has 0 aromatic heterocycles. The molecular weight excluding hydrogens is 378 g/mol. The van der Waals surface area contributed by atoms with Crippen molar-refractivity contribution in [2.24, 2.45) is 5.92 Å². The van der Waals surface area contributed by atoms with Gasteiger partial charge in [-0.05, 0) is 56.5 Å². The van der Waals surface area contributed by atoms with Crippen LogP contribution in [0, 0.1) is 5.92 Å². The minimum Gasteiger partial charge on any atom is -0.494 e. The summed E-state index contributed by atoms with van der Waals surface area (Å²) in [5, 5.41) is 6.14. The van der Waals surface area contributed by atoms with Crippen LogP contribution >= 0.6 is 0 Å². The van der Waals surface area contributed by atoms with E-state index in [1.807, 2.05) is 55.5 Å². The molecule has 3 aliphatic heterocycles. The Morgan fingerprint density at radius 2 is 2.03 bits per heavy atom. The molecule has 2 aromatic carbocycles. The second-order valence-electron chi connectivity index (χ2n) is 8.34. The lowest BCUT2D eigenvalue weighted by atomic mass is 9.78. The van der Waals surface area contributed by atoms with Crippen LogP contribution in [0.15, 0.2) is 48.5 Å². The topological polar surface area (TPSA) is 70.7 Å². The summed E-state index contributed by atoms with van der Waals surface area (Å²) in [6, 6.07) is 15.9. The number of hydrogen-bond acceptors (Lipinski definition) is 4. The van der Waals surface area contributed by atoms with Crippen molar-refractivity contribution in [1.82, 2.24) is 10.2 Å². The van der Waals surface area contributed by atoms with E-state index in [0.717, 1.165) is 48.4 Å². The maximum Gasteiger partial charge on any atom is 0.250 e. The summed E-state index contributed by atoms with van der Waals surface area (Å²) in [6.45, 7) is 3.87. The maximum absolute atomic E-state index is 13.4. The largest absolute Gasteiger partial charge is 0.494 e. The first-order valence-corrected chi connectivity index (χ1v) is 10.8. The van der Waals surface area contributed by atoms with E-state index in [2.05, 4.69) is 15.5 Å². The molecule has 6 heteroatoms. The highest BCUT2D eigenvalue weighted by atomic mass is 16.5. The van der Waals surface area contributed by atoms with Crippen LogP contribution in [0.4, 0.5) is 5.69 Å². The third-order valence-corrected chi connectivity index (χ3v) is 6.79. The fraction of sp³-hybridized carbons (Fsp3) is 0.417. The summed E-state index contributed by atoms with van der Waals surface area (Å²) in [4.78, 5) is 29.0. The Balaban J connectivity index is 1.40. The van der Waals surface area contributed by atoms with E-state index in [4.69, 9.17) is 4.74 Å². The van der Waals surface area contributed by atoms with Gasteiger partial charge in [0.1, 0.15) is 11.3 Å². The molecule has 2 saturated heterocycles. The molecular formula is C24H27N3O3. The lowest BCUT2D eigenvalue weighted by Crippen LogP contribution is -2.54. The zero-order valence-electron chi connectivity index (χ0n) is 17.2. The third-order valence-electron chi connectivity index (χ3n) is 6.79. The summed E-state index contributed by atoms with van der Waals surface area (Å²) < 4.78 is 5.48. The summed E-state index contributed by atoms with van der Waals surface area (Å²) >= 11 is 0. The Kier molecular flexibility index (Phi) is 4.74. The lowest BCUT2D eigenvalue weighted by Gasteiger charge is -2.36. The Morgan fingerprint density at radius 1 is 1.23 bits per heavy atom. The van der Waals surface area contributed by atoms with Crippen LogP contribution in [-0.4, -0.2) is 35.9 Å². The summed E-state index contributed by atoms with van der Waals surface area (Å²) in [5.74, 6) is 0.316. The maximum atomic E-state index is 13.4. The highest BCUT2D eigenvalue weighted by Crippen LogP contribution is 2.55. The van der Waals surface area contributed by atoms with Gasteiger partial charge in [-0.1, -0.05) is 30.3 Å². The van der Waals surface area contributed by atoms with E-state index in [1.165, 1.54) is 0 Å². The van der Waals surface area contributed by atoms with Gasteiger partial charge in [0, 0.05) is 23.8 Å². The van der Waals surface area contributed by atoms with Crippen LogP contribution in [0.2, 0.25) is 0 Å². The molecule has 156 valence electrons. The molecule has 30 heavy (non-hydrogen) atoms. The van der Waals surface area contributed by atoms with Crippen LogP contribution in [-0.2, 0) is 21.7 Å². The minimum atomic E-state index is -0.888. The minimum absolute atomic E-state index is 0.0508. The van der Waals surface area contributed by atoms with Crippen LogP contribution < -0.4 is 15.4 Å². The second kappa shape index (κ2) is 7.43. The number of para-hydroxylation sites is 1. The predicted molar refractivity (Wildman–Crippen MR) is 114 cm³/mol. The molecule has 0 radical (unpaired) electrons. The highest BCUT2D eigenvalue weighted by Gasteiger charge is 2.65. The number of nitrogens with zero attached hydrogens (tertiary/aromatic N) is 1. The lowest BCUT2D eigenvalue weighted by molar-refractivity contribution is -0.137. The normalized spacial score (nSPS) is 27.0. The zero-order valence-corrected chi connectivity index (χ0v) is 17.2. The summed E-state index contributed by atoms with van der Waals surface area (Å²) in [7, 11) is 0. The SMILES string of the molecule is CCOc1ccc(CNC(=O)C2CC3CCCN3C23C(=O)Nc2ccccc23)cc1. The van der Waals surface area contributed by atoms with Crippen LogP contribution in [0.25, 0.3) is 0 Å². The number of carbonyl (C=O) groups excluding carboxylic acids is 2. The highest BCUT2D eigenvalue weighted by molar-refractivity contribution is 6.09. The average molecular weight is 405 g/mol. The van der Waals surface area contributed by atoms with Gasteiger partial charge in [0.2, 0.25) is 11.8 Å². The molecule has 0 aliphatic carbocycles. The Hall–Kier alpha value is -2.86. The molecule has 6 nitrogen and oxygen atoms in total. The van der Waals surface area contributed by atoms with Crippen molar-refractivity contribution >= 4 is 17.5 Å². The van der Waals surface area contributed by atoms with E-state index in [0.29, 0.717) is 13.2 Å². The molecule has 2 aromatic rings. The van der Waals surface area contributed by atoms with Gasteiger partial charge < -0.3 is 15.4 Å². The first-order valence-electron chi connectivity index (χ1n) is 10.8. The van der Waals surface area contributed by atoms with E-state index in [9.17, 15) is 9.59 Å². The summed E-state index contributed by atoms with van der Waals surface area (Å²) in [6.07, 6.45) is 2.83. The molecule has 2 amide bonds. The van der Waals surface area contributed by atoms with Gasteiger partial charge in [0.05, 0.1) is 12.5 Å². The monoisotopic (exact) mass is 405 g/mol. The molecule has 2 fully saturated rings. The number of anilines is 1. The van der Waals surface area contributed by atoms with Gasteiger partial charge in [-0.25, -0.2) is 0 Å². The van der Waals surface area contributed by atoms with Gasteiger partial charge in [0.25, 0.3) is 0 Å². The van der Waals surface area contributed by atoms with Gasteiger partial charge in [0.15, 0.2) is 0 Å². The molecule has 3 atom stereocenters. The number of ether oxygens (including phenoxy) is 1. The Bertz CT molecular complexity index is 974. The third kappa shape index (κ3) is 2.82. The van der Waals surface area contributed by atoms with Crippen molar-refractivity contribution < 1.29 is 14.3 Å². The van der Waals surface area contributed by atoms with Crippen molar-refractivity contribution in [3.8, 4) is 5.75 Å². The standard InChI is InChI=1S/C24H27N3O3/c1-2-30-18-11-9-16(10-12-18)15-25-22(28)20-14-17-6-5-13-27(17)24(20)19-7-3-4-8-21(19)26-23(24)29/h3-4,7-12,17,20H,2,5-6,13-15H2,1H3,(H,25,28)(H,26,29). The number of rotatable bonds is 5. The van der Waals surface area contributed by atoms with Crippen molar-refractivity contribution in [2.45, 2.75) is 44.3 Å². The van der Waals surface area contributed by atoms with Crippen molar-refractivity contribution in [1.29, 1.82) is 0 Å². The quantitative estimate of drug-likeness (QED) is 0.802. The smallest absolute Gasteiger partial charge is 0.250 e. The molecule has 2 N–H and O–H groups in total. The average Bonchev–Trinajstić information content (AvgIpc) is 3.42. The Morgan fingerprint density at radius 3 is 2.83 bits per heavy atom. The number of benzene rings is 2. The Labute approximate surface area is 176 Å². The number of hydrogen-bond donors (Lipinski definition) is 2. The molecule has 3 aliphatic rings. The molecule has 0 saturated carbocycles. The van der Waals surface area contributed by atoms with Crippen molar-refractivity contribution in [3.63, 3.8) is 0 Å². The van der Waals surface area contributed by atoms with E-state index < -0.39 is 11.5 Å². The second-order valence-corrected chi connectivity index (χ2v) is 8.34. The fourth-order valence-electron chi connectivity index (χ4n) is 5.56. The molecule has 5 rings (SSSR count). The fourth-order valence-corrected chi connectivity index (χ4v) is 5.56. The molecule has 3 unspecified atom stereocenters. The predicted octanol–water partition coefficient (Wildman–Crippen LogP) is 3.03. The van der Waals surface area contributed by atoms with Crippen LogP contribution in [0.5, 0.6) is 5.75 Å². The molecule has 1 spiro atoms. The first kappa shape index (κ1) is 19.1. The number of amides is 2. The zero-order chi connectivity index (χ0) is 20.7. The van der Waals surface area contributed by atoms with Gasteiger partial charge in [-0.2, -0.15) is 0 Å². The van der Waals surface area contributed by atoms with Gasteiger partial charge in [-0.3, -0.25) is 14.5 Å². The molecule has 0 bridgehead atoms. The van der Waals surface area contributed by atoms with Crippen molar-refractivity contribution in [3.05, 3.63) is 59.7 Å². The van der Waals surface area contributed by atoms with Crippen molar-refractivity contribution in [2.75, 3.05) is 18.5 Å².